The molecule has 2 rings (SSSR count). The maximum absolute atomic E-state index is 12.2. The first-order valence-electron chi connectivity index (χ1n) is 5.66. The quantitative estimate of drug-likeness (QED) is 0.935. The molecule has 110 valence electrons. The second-order valence-corrected chi connectivity index (χ2v) is 3.82. The Balaban J connectivity index is 2.11. The van der Waals surface area contributed by atoms with Crippen LogP contribution in [0.15, 0.2) is 37.1 Å². The van der Waals surface area contributed by atoms with E-state index in [0.717, 1.165) is 0 Å². The fraction of sp³-hybridized carbons (Fsp3) is 0.167. The number of halogens is 3. The van der Waals surface area contributed by atoms with E-state index in [-0.39, 0.29) is 17.1 Å². The maximum atomic E-state index is 12.2. The van der Waals surface area contributed by atoms with Crippen LogP contribution in [0, 0.1) is 0 Å². The van der Waals surface area contributed by atoms with E-state index < -0.39 is 18.7 Å². The zero-order valence-electron chi connectivity index (χ0n) is 10.5. The summed E-state index contributed by atoms with van der Waals surface area (Å²) in [5, 5.41) is 2.38. The summed E-state index contributed by atoms with van der Waals surface area (Å²) in [6, 6.07) is 2.59. The third-order valence-corrected chi connectivity index (χ3v) is 2.24. The van der Waals surface area contributed by atoms with Gasteiger partial charge in [0.1, 0.15) is 23.5 Å². The van der Waals surface area contributed by atoms with Crippen LogP contribution in [-0.2, 0) is 0 Å². The van der Waals surface area contributed by atoms with Crippen molar-refractivity contribution < 1.29 is 22.7 Å². The molecule has 0 saturated carbocycles. The summed E-state index contributed by atoms with van der Waals surface area (Å²) in [5.74, 6) is -0.744. The number of alkyl halides is 3. The molecule has 9 heteroatoms. The molecular weight excluding hydrogens is 289 g/mol. The lowest BCUT2D eigenvalue weighted by Crippen LogP contribution is -2.20. The normalized spacial score (nSPS) is 11.0. The van der Waals surface area contributed by atoms with E-state index >= 15 is 0 Å². The summed E-state index contributed by atoms with van der Waals surface area (Å²) in [7, 11) is 0. The van der Waals surface area contributed by atoms with Crippen molar-refractivity contribution in [1.82, 2.24) is 15.0 Å². The third-order valence-electron chi connectivity index (χ3n) is 2.24. The highest BCUT2D eigenvalue weighted by atomic mass is 19.4. The van der Waals surface area contributed by atoms with Crippen molar-refractivity contribution in [3.63, 3.8) is 0 Å². The van der Waals surface area contributed by atoms with Gasteiger partial charge in [0.25, 0.3) is 5.91 Å². The van der Waals surface area contributed by atoms with Gasteiger partial charge in [-0.2, -0.15) is 13.2 Å². The number of nitrogens with zero attached hydrogens (tertiary/aromatic N) is 3. The van der Waals surface area contributed by atoms with E-state index in [1.807, 2.05) is 0 Å². The predicted molar refractivity (Wildman–Crippen MR) is 65.8 cm³/mol. The molecule has 0 aliphatic heterocycles. The molecule has 1 amide bonds. The summed E-state index contributed by atoms with van der Waals surface area (Å²) in [5.41, 5.74) is 0.0842. The lowest BCUT2D eigenvalue weighted by atomic mass is 10.3. The molecule has 0 unspecified atom stereocenters. The molecule has 0 spiro atoms. The van der Waals surface area contributed by atoms with Crippen molar-refractivity contribution in [1.29, 1.82) is 0 Å². The Bertz CT molecular complexity index is 619. The Hall–Kier alpha value is -2.71. The van der Waals surface area contributed by atoms with Gasteiger partial charge in [-0.1, -0.05) is 0 Å². The van der Waals surface area contributed by atoms with Crippen LogP contribution in [0.25, 0.3) is 0 Å². The largest absolute Gasteiger partial charge is 0.482 e. The molecule has 0 atom stereocenters. The minimum absolute atomic E-state index is 0.0189. The van der Waals surface area contributed by atoms with Crippen molar-refractivity contribution in [2.24, 2.45) is 0 Å². The summed E-state index contributed by atoms with van der Waals surface area (Å²) in [4.78, 5) is 23.0. The minimum atomic E-state index is -4.47. The Kier molecular flexibility index (Phi) is 4.31. The Morgan fingerprint density at radius 1 is 1.24 bits per heavy atom. The van der Waals surface area contributed by atoms with Gasteiger partial charge < -0.3 is 10.1 Å². The number of aromatic nitrogens is 3. The van der Waals surface area contributed by atoms with Crippen molar-refractivity contribution >= 4 is 11.6 Å². The number of hydrogen-bond donors (Lipinski definition) is 1. The molecule has 2 aromatic rings. The van der Waals surface area contributed by atoms with Gasteiger partial charge in [-0.25, -0.2) is 9.97 Å². The van der Waals surface area contributed by atoms with Crippen LogP contribution in [0.5, 0.6) is 5.75 Å². The topological polar surface area (TPSA) is 77.0 Å². The third kappa shape index (κ3) is 4.41. The highest BCUT2D eigenvalue weighted by molar-refractivity contribution is 6.03. The second-order valence-electron chi connectivity index (χ2n) is 3.82. The first-order valence-corrected chi connectivity index (χ1v) is 5.66. The molecule has 0 aliphatic carbocycles. The molecule has 2 heterocycles. The number of hydrogen-bond acceptors (Lipinski definition) is 5. The molecule has 21 heavy (non-hydrogen) atoms. The van der Waals surface area contributed by atoms with E-state index in [9.17, 15) is 18.0 Å². The fourth-order valence-electron chi connectivity index (χ4n) is 1.37. The summed E-state index contributed by atoms with van der Waals surface area (Å²) in [6.45, 7) is -1.46. The average Bonchev–Trinajstić information content (AvgIpc) is 2.46. The van der Waals surface area contributed by atoms with Gasteiger partial charge in [0.2, 0.25) is 0 Å². The molecule has 2 aromatic heterocycles. The summed E-state index contributed by atoms with van der Waals surface area (Å²) >= 11 is 0. The number of rotatable bonds is 4. The number of ether oxygens (including phenoxy) is 1. The standard InChI is InChI=1S/C12H9F3N4O2/c13-12(14,15)6-21-10-2-4-16-5-9(10)19-11(20)8-1-3-17-7-18-8/h1-5,7H,6H2,(H,19,20). The number of pyridine rings is 1. The molecule has 0 radical (unpaired) electrons. The number of anilines is 1. The molecule has 1 N–H and O–H groups in total. The molecule has 0 saturated heterocycles. The predicted octanol–water partition coefficient (Wildman–Crippen LogP) is 2.06. The smallest absolute Gasteiger partial charge is 0.422 e. The monoisotopic (exact) mass is 298 g/mol. The van der Waals surface area contributed by atoms with Crippen LogP contribution in [0.1, 0.15) is 10.5 Å². The first-order chi connectivity index (χ1) is 9.96. The van der Waals surface area contributed by atoms with Crippen LogP contribution in [0.3, 0.4) is 0 Å². The van der Waals surface area contributed by atoms with E-state index in [2.05, 4.69) is 25.0 Å². The van der Waals surface area contributed by atoms with Gasteiger partial charge >= 0.3 is 6.18 Å². The Morgan fingerprint density at radius 3 is 2.67 bits per heavy atom. The van der Waals surface area contributed by atoms with Gasteiger partial charge in [-0.3, -0.25) is 9.78 Å². The number of nitrogens with one attached hydrogen (secondary N) is 1. The Morgan fingerprint density at radius 2 is 2.00 bits per heavy atom. The zero-order chi connectivity index (χ0) is 15.3. The minimum Gasteiger partial charge on any atom is -0.482 e. The first kappa shape index (κ1) is 14.7. The van der Waals surface area contributed by atoms with Crippen LogP contribution in [0.4, 0.5) is 18.9 Å². The van der Waals surface area contributed by atoms with E-state index in [1.54, 1.807) is 0 Å². The lowest BCUT2D eigenvalue weighted by molar-refractivity contribution is -0.153. The van der Waals surface area contributed by atoms with Crippen LogP contribution in [-0.4, -0.2) is 33.6 Å². The molecule has 0 bridgehead atoms. The number of carbonyl (C=O) groups is 1. The molecular formula is C12H9F3N4O2. The average molecular weight is 298 g/mol. The summed E-state index contributed by atoms with van der Waals surface area (Å²) < 4.78 is 41.1. The molecule has 0 aromatic carbocycles. The Labute approximate surface area is 117 Å². The number of amides is 1. The van der Waals surface area contributed by atoms with E-state index in [1.165, 1.54) is 37.1 Å². The maximum Gasteiger partial charge on any atom is 0.422 e. The molecule has 0 fully saturated rings. The van der Waals surface area contributed by atoms with Gasteiger partial charge in [0.15, 0.2) is 6.61 Å². The van der Waals surface area contributed by atoms with Crippen molar-refractivity contribution in [2.45, 2.75) is 6.18 Å². The summed E-state index contributed by atoms with van der Waals surface area (Å²) in [6.07, 6.45) is 0.513. The van der Waals surface area contributed by atoms with Crippen LogP contribution >= 0.6 is 0 Å². The fourth-order valence-corrected chi connectivity index (χ4v) is 1.37. The van der Waals surface area contributed by atoms with Crippen LogP contribution in [0.2, 0.25) is 0 Å². The molecule has 6 nitrogen and oxygen atoms in total. The number of carbonyl (C=O) groups excluding carboxylic acids is 1. The van der Waals surface area contributed by atoms with Crippen molar-refractivity contribution in [3.8, 4) is 5.75 Å². The van der Waals surface area contributed by atoms with Gasteiger partial charge in [0.05, 0.1) is 6.20 Å². The molecule has 0 aliphatic rings. The van der Waals surface area contributed by atoms with Crippen molar-refractivity contribution in [3.05, 3.63) is 42.7 Å². The second kappa shape index (κ2) is 6.16. The van der Waals surface area contributed by atoms with Crippen molar-refractivity contribution in [2.75, 3.05) is 11.9 Å². The van der Waals surface area contributed by atoms with E-state index in [0.29, 0.717) is 0 Å². The van der Waals surface area contributed by atoms with Gasteiger partial charge in [-0.05, 0) is 6.07 Å². The highest BCUT2D eigenvalue weighted by Gasteiger charge is 2.29. The zero-order valence-corrected chi connectivity index (χ0v) is 10.5. The van der Waals surface area contributed by atoms with Gasteiger partial charge in [0, 0.05) is 18.5 Å². The van der Waals surface area contributed by atoms with Gasteiger partial charge in [-0.15, -0.1) is 0 Å². The lowest BCUT2D eigenvalue weighted by Gasteiger charge is -2.13. The van der Waals surface area contributed by atoms with E-state index in [4.69, 9.17) is 0 Å². The van der Waals surface area contributed by atoms with Crippen LogP contribution < -0.4 is 10.1 Å². The highest BCUT2D eigenvalue weighted by Crippen LogP contribution is 2.25. The SMILES string of the molecule is O=C(Nc1cnccc1OCC(F)(F)F)c1ccncn1.